The molecule has 0 radical (unpaired) electrons. The normalized spacial score (nSPS) is 10.9. The second kappa shape index (κ2) is 8.96. The molecule has 5 heteroatoms. The summed E-state index contributed by atoms with van der Waals surface area (Å²) in [5.74, 6) is 0.694. The molecular formula is C26H25NO4. The summed E-state index contributed by atoms with van der Waals surface area (Å²) in [7, 11) is 1.61. The van der Waals surface area contributed by atoms with Crippen molar-refractivity contribution in [2.24, 2.45) is 0 Å². The van der Waals surface area contributed by atoms with Crippen molar-refractivity contribution in [1.82, 2.24) is 4.57 Å². The molecule has 0 unspecified atom stereocenters. The molecule has 0 saturated carbocycles. The summed E-state index contributed by atoms with van der Waals surface area (Å²) in [6.07, 6.45) is -0.0191. The molecule has 158 valence electrons. The van der Waals surface area contributed by atoms with Crippen LogP contribution in [0.15, 0.2) is 72.8 Å². The SMILES string of the molecule is COc1ccc2c(c1)c(CC(=O)O)c(C)n2Cc1ccc(OCc2ccccc2)cc1. The number of ether oxygens (including phenoxy) is 2. The fourth-order valence-electron chi connectivity index (χ4n) is 3.85. The van der Waals surface area contributed by atoms with E-state index in [-0.39, 0.29) is 6.42 Å². The van der Waals surface area contributed by atoms with Crippen LogP contribution in [0.1, 0.15) is 22.4 Å². The third-order valence-electron chi connectivity index (χ3n) is 5.50. The Kier molecular flexibility index (Phi) is 5.94. The molecule has 0 fully saturated rings. The Hall–Kier alpha value is -3.73. The highest BCUT2D eigenvalue weighted by atomic mass is 16.5. The van der Waals surface area contributed by atoms with Crippen LogP contribution in [0, 0.1) is 6.92 Å². The maximum Gasteiger partial charge on any atom is 0.307 e. The third kappa shape index (κ3) is 4.56. The molecule has 5 nitrogen and oxygen atoms in total. The van der Waals surface area contributed by atoms with Gasteiger partial charge in [0, 0.05) is 23.1 Å². The number of carboxylic acids is 1. The molecule has 4 aromatic rings. The van der Waals surface area contributed by atoms with Gasteiger partial charge in [0.05, 0.1) is 13.5 Å². The third-order valence-corrected chi connectivity index (χ3v) is 5.50. The number of rotatable bonds is 8. The van der Waals surface area contributed by atoms with Crippen LogP contribution in [-0.4, -0.2) is 22.8 Å². The van der Waals surface area contributed by atoms with Crippen LogP contribution >= 0.6 is 0 Å². The minimum absolute atomic E-state index is 0.0191. The Labute approximate surface area is 181 Å². The van der Waals surface area contributed by atoms with Gasteiger partial charge < -0.3 is 19.1 Å². The molecule has 0 atom stereocenters. The number of benzene rings is 3. The molecule has 0 bridgehead atoms. The van der Waals surface area contributed by atoms with Crippen molar-refractivity contribution in [2.75, 3.05) is 7.11 Å². The molecule has 0 amide bonds. The highest BCUT2D eigenvalue weighted by Gasteiger charge is 2.17. The fraction of sp³-hybridized carbons (Fsp3) is 0.192. The van der Waals surface area contributed by atoms with E-state index >= 15 is 0 Å². The minimum atomic E-state index is -0.843. The summed E-state index contributed by atoms with van der Waals surface area (Å²) < 4.78 is 13.4. The molecule has 3 aromatic carbocycles. The lowest BCUT2D eigenvalue weighted by Gasteiger charge is -2.11. The number of hydrogen-bond donors (Lipinski definition) is 1. The summed E-state index contributed by atoms with van der Waals surface area (Å²) in [6.45, 7) is 3.15. The standard InChI is InChI=1S/C26H25NO4/c1-18-23(15-26(28)29)24-14-22(30-2)12-13-25(24)27(18)16-19-8-10-21(11-9-19)31-17-20-6-4-3-5-7-20/h3-14H,15-17H2,1-2H3,(H,28,29). The summed E-state index contributed by atoms with van der Waals surface area (Å²) in [4.78, 5) is 11.4. The van der Waals surface area contributed by atoms with Crippen LogP contribution in [0.25, 0.3) is 10.9 Å². The molecule has 31 heavy (non-hydrogen) atoms. The van der Waals surface area contributed by atoms with Crippen molar-refractivity contribution in [3.63, 3.8) is 0 Å². The van der Waals surface area contributed by atoms with Crippen LogP contribution in [0.2, 0.25) is 0 Å². The average molecular weight is 415 g/mol. The van der Waals surface area contributed by atoms with Crippen molar-refractivity contribution in [2.45, 2.75) is 26.5 Å². The van der Waals surface area contributed by atoms with Gasteiger partial charge in [0.25, 0.3) is 0 Å². The van der Waals surface area contributed by atoms with Gasteiger partial charge in [-0.05, 0) is 53.9 Å². The monoisotopic (exact) mass is 415 g/mol. The first-order valence-electron chi connectivity index (χ1n) is 10.2. The van der Waals surface area contributed by atoms with E-state index in [0.717, 1.165) is 44.8 Å². The van der Waals surface area contributed by atoms with Crippen molar-refractivity contribution < 1.29 is 19.4 Å². The smallest absolute Gasteiger partial charge is 0.307 e. The first-order valence-corrected chi connectivity index (χ1v) is 10.2. The molecule has 0 spiro atoms. The first-order chi connectivity index (χ1) is 15.0. The van der Waals surface area contributed by atoms with Gasteiger partial charge in [0.2, 0.25) is 0 Å². The molecule has 0 saturated heterocycles. The fourth-order valence-corrected chi connectivity index (χ4v) is 3.85. The quantitative estimate of drug-likeness (QED) is 0.429. The zero-order valence-electron chi connectivity index (χ0n) is 17.7. The zero-order chi connectivity index (χ0) is 21.8. The molecule has 4 rings (SSSR count). The highest BCUT2D eigenvalue weighted by molar-refractivity contribution is 5.90. The van der Waals surface area contributed by atoms with E-state index in [1.165, 1.54) is 0 Å². The maximum absolute atomic E-state index is 11.4. The summed E-state index contributed by atoms with van der Waals surface area (Å²) >= 11 is 0. The number of fused-ring (bicyclic) bond motifs is 1. The molecular weight excluding hydrogens is 390 g/mol. The Bertz CT molecular complexity index is 1190. The highest BCUT2D eigenvalue weighted by Crippen LogP contribution is 2.31. The van der Waals surface area contributed by atoms with Gasteiger partial charge in [-0.2, -0.15) is 0 Å². The van der Waals surface area contributed by atoms with E-state index in [1.54, 1.807) is 7.11 Å². The average Bonchev–Trinajstić information content (AvgIpc) is 3.04. The van der Waals surface area contributed by atoms with Crippen LogP contribution in [0.3, 0.4) is 0 Å². The predicted molar refractivity (Wildman–Crippen MR) is 121 cm³/mol. The van der Waals surface area contributed by atoms with Crippen molar-refractivity contribution in [3.05, 3.63) is 95.2 Å². The number of hydrogen-bond acceptors (Lipinski definition) is 3. The Balaban J connectivity index is 1.58. The van der Waals surface area contributed by atoms with E-state index in [9.17, 15) is 9.90 Å². The molecule has 0 aliphatic carbocycles. The van der Waals surface area contributed by atoms with Crippen molar-refractivity contribution in [3.8, 4) is 11.5 Å². The number of aliphatic carboxylic acids is 1. The molecule has 1 heterocycles. The van der Waals surface area contributed by atoms with Gasteiger partial charge in [-0.25, -0.2) is 0 Å². The lowest BCUT2D eigenvalue weighted by atomic mass is 10.1. The topological polar surface area (TPSA) is 60.7 Å². The van der Waals surface area contributed by atoms with Gasteiger partial charge in [-0.3, -0.25) is 4.79 Å². The van der Waals surface area contributed by atoms with Crippen LogP contribution in [0.4, 0.5) is 0 Å². The summed E-state index contributed by atoms with van der Waals surface area (Å²) in [5, 5.41) is 10.3. The Morgan fingerprint density at radius 3 is 2.32 bits per heavy atom. The predicted octanol–water partition coefficient (Wildman–Crippen LogP) is 5.21. The first kappa shape index (κ1) is 20.5. The second-order valence-corrected chi connectivity index (χ2v) is 7.52. The Morgan fingerprint density at radius 1 is 0.935 bits per heavy atom. The van der Waals surface area contributed by atoms with Crippen molar-refractivity contribution in [1.29, 1.82) is 0 Å². The van der Waals surface area contributed by atoms with E-state index in [2.05, 4.69) is 4.57 Å². The Morgan fingerprint density at radius 2 is 1.65 bits per heavy atom. The molecule has 0 aliphatic heterocycles. The number of methoxy groups -OCH3 is 1. The van der Waals surface area contributed by atoms with Gasteiger partial charge in [-0.15, -0.1) is 0 Å². The number of aromatic nitrogens is 1. The number of carboxylic acid groups (broad SMARTS) is 1. The van der Waals surface area contributed by atoms with E-state index in [0.29, 0.717) is 13.2 Å². The van der Waals surface area contributed by atoms with E-state index in [4.69, 9.17) is 9.47 Å². The lowest BCUT2D eigenvalue weighted by Crippen LogP contribution is -2.05. The molecule has 0 aliphatic rings. The lowest BCUT2D eigenvalue weighted by molar-refractivity contribution is -0.136. The van der Waals surface area contributed by atoms with E-state index < -0.39 is 5.97 Å². The summed E-state index contributed by atoms with van der Waals surface area (Å²) in [6, 6.07) is 23.9. The van der Waals surface area contributed by atoms with Crippen molar-refractivity contribution >= 4 is 16.9 Å². The van der Waals surface area contributed by atoms with E-state index in [1.807, 2.05) is 79.7 Å². The minimum Gasteiger partial charge on any atom is -0.497 e. The number of nitrogens with zero attached hydrogens (tertiary/aromatic N) is 1. The van der Waals surface area contributed by atoms with Gasteiger partial charge in [0.15, 0.2) is 0 Å². The number of carbonyl (C=O) groups is 1. The van der Waals surface area contributed by atoms with Gasteiger partial charge in [0.1, 0.15) is 18.1 Å². The zero-order valence-corrected chi connectivity index (χ0v) is 17.7. The largest absolute Gasteiger partial charge is 0.497 e. The van der Waals surface area contributed by atoms with Crippen LogP contribution in [-0.2, 0) is 24.4 Å². The maximum atomic E-state index is 11.4. The summed E-state index contributed by atoms with van der Waals surface area (Å²) in [5.41, 5.74) is 5.02. The van der Waals surface area contributed by atoms with Gasteiger partial charge in [-0.1, -0.05) is 42.5 Å². The second-order valence-electron chi connectivity index (χ2n) is 7.52. The van der Waals surface area contributed by atoms with Crippen LogP contribution < -0.4 is 9.47 Å². The van der Waals surface area contributed by atoms with Gasteiger partial charge >= 0.3 is 5.97 Å². The van der Waals surface area contributed by atoms with Crippen LogP contribution in [0.5, 0.6) is 11.5 Å². The molecule has 1 aromatic heterocycles. The molecule has 1 N–H and O–H groups in total.